The van der Waals surface area contributed by atoms with Gasteiger partial charge in [0.05, 0.1) is 5.38 Å². The monoisotopic (exact) mass is 173 g/mol. The summed E-state index contributed by atoms with van der Waals surface area (Å²) in [5.74, 6) is 0. The Labute approximate surface area is 63.4 Å². The Balaban J connectivity index is 3.47. The molecular weight excluding hydrogens is 168 g/mol. The molecule has 0 heterocycles. The lowest BCUT2D eigenvalue weighted by molar-refractivity contribution is 0.930. The van der Waals surface area contributed by atoms with Crippen molar-refractivity contribution in [3.8, 4) is 0 Å². The predicted molar refractivity (Wildman–Crippen MR) is 38.5 cm³/mol. The molecule has 0 aliphatic carbocycles. The van der Waals surface area contributed by atoms with E-state index in [2.05, 4.69) is 0 Å². The molecule has 48 valence electrons. The first kappa shape index (κ1) is 8.57. The van der Waals surface area contributed by atoms with Gasteiger partial charge in [-0.15, -0.1) is 23.2 Å². The first-order valence-corrected chi connectivity index (χ1v) is 3.30. The highest BCUT2D eigenvalue weighted by Gasteiger charge is 2.05. The van der Waals surface area contributed by atoms with Crippen LogP contribution >= 0.6 is 34.8 Å². The average Bonchev–Trinajstić information content (AvgIpc) is 1.67. The van der Waals surface area contributed by atoms with E-state index in [4.69, 9.17) is 40.5 Å². The van der Waals surface area contributed by atoms with Crippen molar-refractivity contribution in [1.29, 1.82) is 0 Å². The minimum atomic E-state index is -0.563. The smallest absolute Gasteiger partial charge is 0.100 e. The molecule has 8 heavy (non-hydrogen) atoms. The van der Waals surface area contributed by atoms with Crippen molar-refractivity contribution in [2.24, 2.45) is 5.73 Å². The second kappa shape index (κ2) is 4.45. The number of hydrogen-bond acceptors (Lipinski definition) is 1. The maximum atomic E-state index is 5.49. The van der Waals surface area contributed by atoms with Crippen LogP contribution in [0.5, 0.6) is 0 Å². The van der Waals surface area contributed by atoms with Crippen molar-refractivity contribution >= 4 is 34.8 Å². The fraction of sp³-hybridized carbons (Fsp3) is 0.500. The molecule has 0 fully saturated rings. The second-order valence-electron chi connectivity index (χ2n) is 1.21. The van der Waals surface area contributed by atoms with Gasteiger partial charge in [-0.1, -0.05) is 17.7 Å². The normalized spacial score (nSPS) is 19.0. The van der Waals surface area contributed by atoms with Gasteiger partial charge in [0.2, 0.25) is 0 Å². The summed E-state index contributed by atoms with van der Waals surface area (Å²) in [5, 5.41) is -0.380. The van der Waals surface area contributed by atoms with Gasteiger partial charge in [0.1, 0.15) is 5.50 Å². The van der Waals surface area contributed by atoms with Gasteiger partial charge in [-0.3, -0.25) is 0 Å². The van der Waals surface area contributed by atoms with Crippen LogP contribution in [0.1, 0.15) is 0 Å². The van der Waals surface area contributed by atoms with E-state index < -0.39 is 5.50 Å². The van der Waals surface area contributed by atoms with Gasteiger partial charge in [0.15, 0.2) is 0 Å². The van der Waals surface area contributed by atoms with Crippen LogP contribution in [0.2, 0.25) is 0 Å². The van der Waals surface area contributed by atoms with Crippen LogP contribution in [0.4, 0.5) is 0 Å². The van der Waals surface area contributed by atoms with Crippen molar-refractivity contribution < 1.29 is 0 Å². The fourth-order valence-corrected chi connectivity index (χ4v) is 0.564. The van der Waals surface area contributed by atoms with Gasteiger partial charge in [-0.25, -0.2) is 0 Å². The minimum Gasteiger partial charge on any atom is -0.314 e. The summed E-state index contributed by atoms with van der Waals surface area (Å²) in [6, 6.07) is 0. The number of alkyl halides is 2. The maximum absolute atomic E-state index is 5.49. The second-order valence-corrected chi connectivity index (χ2v) is 2.47. The molecule has 0 aromatic carbocycles. The average molecular weight is 174 g/mol. The molecule has 4 heteroatoms. The summed E-state index contributed by atoms with van der Waals surface area (Å²) in [5.41, 5.74) is 5.87. The van der Waals surface area contributed by atoms with Gasteiger partial charge >= 0.3 is 0 Å². The lowest BCUT2D eigenvalue weighted by Gasteiger charge is -2.03. The lowest BCUT2D eigenvalue weighted by Crippen LogP contribution is -2.22. The van der Waals surface area contributed by atoms with Gasteiger partial charge in [0.25, 0.3) is 0 Å². The van der Waals surface area contributed by atoms with Gasteiger partial charge in [-0.2, -0.15) is 0 Å². The number of hydrogen-bond donors (Lipinski definition) is 1. The molecule has 0 aromatic heterocycles. The number of rotatable bonds is 2. The van der Waals surface area contributed by atoms with Crippen molar-refractivity contribution in [2.45, 2.75) is 10.9 Å². The molecule has 0 spiro atoms. The highest BCUT2D eigenvalue weighted by atomic mass is 35.5. The number of halogens is 3. The highest BCUT2D eigenvalue weighted by molar-refractivity contribution is 6.31. The Morgan fingerprint density at radius 2 is 1.88 bits per heavy atom. The molecule has 0 aromatic rings. The van der Waals surface area contributed by atoms with E-state index in [0.29, 0.717) is 0 Å². The molecule has 0 aliphatic rings. The van der Waals surface area contributed by atoms with Gasteiger partial charge < -0.3 is 5.73 Å². The maximum Gasteiger partial charge on any atom is 0.100 e. The van der Waals surface area contributed by atoms with E-state index in [1.807, 2.05) is 0 Å². The standard InChI is InChI=1S/C4H6Cl3N/c5-2-1-3(6)4(7)8/h1-4H,8H2. The topological polar surface area (TPSA) is 26.0 Å². The molecule has 0 radical (unpaired) electrons. The van der Waals surface area contributed by atoms with E-state index >= 15 is 0 Å². The Bertz CT molecular complexity index is 81.4. The van der Waals surface area contributed by atoms with Crippen LogP contribution in [0.15, 0.2) is 11.6 Å². The van der Waals surface area contributed by atoms with Crippen LogP contribution in [0.25, 0.3) is 0 Å². The SMILES string of the molecule is NC(Cl)C(Cl)C=CCl. The third-order valence-electron chi connectivity index (χ3n) is 0.561. The van der Waals surface area contributed by atoms with Crippen LogP contribution in [-0.4, -0.2) is 10.9 Å². The molecule has 0 bridgehead atoms. The van der Waals surface area contributed by atoms with Crippen LogP contribution in [-0.2, 0) is 0 Å². The molecule has 0 saturated heterocycles. The summed E-state index contributed by atoms with van der Waals surface area (Å²) in [7, 11) is 0. The van der Waals surface area contributed by atoms with E-state index in [1.54, 1.807) is 0 Å². The van der Waals surface area contributed by atoms with Crippen molar-refractivity contribution in [2.75, 3.05) is 0 Å². The Morgan fingerprint density at radius 1 is 1.38 bits per heavy atom. The molecule has 0 aliphatic heterocycles. The van der Waals surface area contributed by atoms with Crippen molar-refractivity contribution in [3.63, 3.8) is 0 Å². The number of nitrogens with two attached hydrogens (primary N) is 1. The quantitative estimate of drug-likeness (QED) is 0.502. The molecule has 0 amide bonds. The third-order valence-corrected chi connectivity index (χ3v) is 1.52. The third kappa shape index (κ3) is 3.56. The Morgan fingerprint density at radius 3 is 2.00 bits per heavy atom. The molecule has 1 nitrogen and oxygen atoms in total. The Hall–Kier alpha value is 0.570. The highest BCUT2D eigenvalue weighted by Crippen LogP contribution is 2.05. The van der Waals surface area contributed by atoms with Crippen molar-refractivity contribution in [1.82, 2.24) is 0 Å². The zero-order valence-corrected chi connectivity index (χ0v) is 6.29. The molecule has 0 rings (SSSR count). The first-order valence-electron chi connectivity index (χ1n) is 1.99. The van der Waals surface area contributed by atoms with Crippen LogP contribution in [0, 0.1) is 0 Å². The van der Waals surface area contributed by atoms with Gasteiger partial charge in [0, 0.05) is 5.54 Å². The summed E-state index contributed by atoms with van der Waals surface area (Å²) in [4.78, 5) is 0. The summed E-state index contributed by atoms with van der Waals surface area (Å²) in [6.07, 6.45) is 1.51. The van der Waals surface area contributed by atoms with E-state index in [-0.39, 0.29) is 5.38 Å². The van der Waals surface area contributed by atoms with E-state index in [1.165, 1.54) is 11.6 Å². The molecule has 2 atom stereocenters. The summed E-state index contributed by atoms with van der Waals surface area (Å²) < 4.78 is 0. The first-order chi connectivity index (χ1) is 3.68. The molecule has 2 unspecified atom stereocenters. The minimum absolute atomic E-state index is 0.380. The van der Waals surface area contributed by atoms with Crippen molar-refractivity contribution in [3.05, 3.63) is 11.6 Å². The predicted octanol–water partition coefficient (Wildman–Crippen LogP) is 1.87. The lowest BCUT2D eigenvalue weighted by atomic mass is 10.4. The largest absolute Gasteiger partial charge is 0.314 e. The zero-order chi connectivity index (χ0) is 6.57. The van der Waals surface area contributed by atoms with Gasteiger partial charge in [-0.05, 0) is 0 Å². The zero-order valence-electron chi connectivity index (χ0n) is 4.02. The molecular formula is C4H6Cl3N. The van der Waals surface area contributed by atoms with E-state index in [9.17, 15) is 0 Å². The summed E-state index contributed by atoms with van der Waals surface area (Å²) >= 11 is 16.0. The van der Waals surface area contributed by atoms with Crippen LogP contribution < -0.4 is 5.73 Å². The molecule has 0 saturated carbocycles. The fourth-order valence-electron chi connectivity index (χ4n) is 0.176. The van der Waals surface area contributed by atoms with E-state index in [0.717, 1.165) is 0 Å². The molecule has 2 N–H and O–H groups in total. The van der Waals surface area contributed by atoms with Crippen LogP contribution in [0.3, 0.4) is 0 Å². The Kier molecular flexibility index (Phi) is 4.77. The summed E-state index contributed by atoms with van der Waals surface area (Å²) in [6.45, 7) is 0.